The second-order valence-corrected chi connectivity index (χ2v) is 4.79. The molecule has 1 heterocycles. The first kappa shape index (κ1) is 13.6. The molecule has 102 valence electrons. The van der Waals surface area contributed by atoms with E-state index in [-0.39, 0.29) is 11.8 Å². The average Bonchev–Trinajstić information content (AvgIpc) is 2.48. The van der Waals surface area contributed by atoms with Crippen molar-refractivity contribution in [2.45, 2.75) is 19.3 Å². The molecule has 1 fully saturated rings. The molecule has 1 aromatic rings. The molecule has 2 rings (SSSR count). The van der Waals surface area contributed by atoms with Gasteiger partial charge < -0.3 is 14.4 Å². The molecule has 1 amide bonds. The number of para-hydroxylation sites is 1. The number of hydrogen-bond donors (Lipinski definition) is 0. The molecule has 4 nitrogen and oxygen atoms in total. The number of rotatable bonds is 5. The van der Waals surface area contributed by atoms with Crippen molar-refractivity contribution < 1.29 is 14.3 Å². The fraction of sp³-hybridized carbons (Fsp3) is 0.467. The van der Waals surface area contributed by atoms with Gasteiger partial charge in [0.15, 0.2) is 0 Å². The van der Waals surface area contributed by atoms with Gasteiger partial charge in [-0.1, -0.05) is 18.2 Å². The van der Waals surface area contributed by atoms with E-state index in [1.54, 1.807) is 4.90 Å². The van der Waals surface area contributed by atoms with E-state index >= 15 is 0 Å². The Hall–Kier alpha value is -1.84. The van der Waals surface area contributed by atoms with Crippen LogP contribution in [-0.2, 0) is 9.59 Å². The smallest absolute Gasteiger partial charge is 0.226 e. The van der Waals surface area contributed by atoms with Crippen LogP contribution in [0.2, 0.25) is 0 Å². The van der Waals surface area contributed by atoms with E-state index in [1.165, 1.54) is 0 Å². The normalized spacial score (nSPS) is 18.9. The molecule has 1 aromatic carbocycles. The lowest BCUT2D eigenvalue weighted by molar-refractivity contribution is -0.134. The van der Waals surface area contributed by atoms with Gasteiger partial charge in [-0.25, -0.2) is 0 Å². The van der Waals surface area contributed by atoms with Crippen molar-refractivity contribution in [3.05, 3.63) is 30.3 Å². The molecule has 4 heteroatoms. The van der Waals surface area contributed by atoms with Crippen LogP contribution in [0.25, 0.3) is 0 Å². The second kappa shape index (κ2) is 6.92. The van der Waals surface area contributed by atoms with E-state index in [2.05, 4.69) is 0 Å². The van der Waals surface area contributed by atoms with Crippen molar-refractivity contribution in [3.8, 4) is 5.75 Å². The summed E-state index contributed by atoms with van der Waals surface area (Å²) < 4.78 is 5.50. The summed E-state index contributed by atoms with van der Waals surface area (Å²) in [7, 11) is 0. The monoisotopic (exact) mass is 261 g/mol. The Kier molecular flexibility index (Phi) is 4.95. The quantitative estimate of drug-likeness (QED) is 0.760. The molecule has 0 saturated carbocycles. The Morgan fingerprint density at radius 2 is 2.16 bits per heavy atom. The van der Waals surface area contributed by atoms with E-state index in [0.29, 0.717) is 19.6 Å². The van der Waals surface area contributed by atoms with Gasteiger partial charge in [0.1, 0.15) is 12.0 Å². The largest absolute Gasteiger partial charge is 0.493 e. The number of hydrogen-bond acceptors (Lipinski definition) is 3. The van der Waals surface area contributed by atoms with Gasteiger partial charge in [-0.15, -0.1) is 0 Å². The van der Waals surface area contributed by atoms with E-state index in [4.69, 9.17) is 4.74 Å². The van der Waals surface area contributed by atoms with E-state index in [9.17, 15) is 9.59 Å². The molecular formula is C15H19NO3. The first-order valence-electron chi connectivity index (χ1n) is 6.70. The number of aldehydes is 1. The van der Waals surface area contributed by atoms with E-state index < -0.39 is 0 Å². The van der Waals surface area contributed by atoms with Gasteiger partial charge in [-0.3, -0.25) is 4.79 Å². The lowest BCUT2D eigenvalue weighted by atomic mass is 9.99. The first-order valence-corrected chi connectivity index (χ1v) is 6.70. The predicted octanol–water partition coefficient (Wildman–Crippen LogP) is 1.89. The van der Waals surface area contributed by atoms with Gasteiger partial charge >= 0.3 is 0 Å². The van der Waals surface area contributed by atoms with Crippen LogP contribution in [0.5, 0.6) is 5.75 Å². The van der Waals surface area contributed by atoms with Crippen LogP contribution in [-0.4, -0.2) is 36.8 Å². The van der Waals surface area contributed by atoms with Gasteiger partial charge in [-0.05, 0) is 25.0 Å². The molecule has 0 aliphatic carbocycles. The maximum Gasteiger partial charge on any atom is 0.226 e. The highest BCUT2D eigenvalue weighted by Gasteiger charge is 2.22. The maximum absolute atomic E-state index is 12.0. The summed E-state index contributed by atoms with van der Waals surface area (Å²) in [6, 6.07) is 9.46. The minimum Gasteiger partial charge on any atom is -0.493 e. The van der Waals surface area contributed by atoms with E-state index in [0.717, 1.165) is 31.4 Å². The summed E-state index contributed by atoms with van der Waals surface area (Å²) in [5.74, 6) is 0.856. The topological polar surface area (TPSA) is 46.6 Å². The number of piperidine rings is 1. The summed E-state index contributed by atoms with van der Waals surface area (Å²) in [5, 5.41) is 0. The standard InChI is InChI=1S/C15H19NO3/c17-12-13-5-4-9-16(11-13)15(18)8-10-19-14-6-2-1-3-7-14/h1-3,6-7,12-13H,4-5,8-11H2. The zero-order valence-corrected chi connectivity index (χ0v) is 11.0. The van der Waals surface area contributed by atoms with Crippen molar-refractivity contribution >= 4 is 12.2 Å². The van der Waals surface area contributed by atoms with Crippen LogP contribution >= 0.6 is 0 Å². The molecule has 0 aromatic heterocycles. The zero-order chi connectivity index (χ0) is 13.5. The highest BCUT2D eigenvalue weighted by molar-refractivity contribution is 5.77. The molecule has 1 unspecified atom stereocenters. The fourth-order valence-electron chi connectivity index (χ4n) is 2.28. The zero-order valence-electron chi connectivity index (χ0n) is 11.0. The summed E-state index contributed by atoms with van der Waals surface area (Å²) in [6.07, 6.45) is 3.13. The third-order valence-electron chi connectivity index (χ3n) is 3.33. The second-order valence-electron chi connectivity index (χ2n) is 4.79. The Labute approximate surface area is 113 Å². The molecular weight excluding hydrogens is 242 g/mol. The van der Waals surface area contributed by atoms with Crippen molar-refractivity contribution in [1.29, 1.82) is 0 Å². The summed E-state index contributed by atoms with van der Waals surface area (Å²) in [4.78, 5) is 24.5. The van der Waals surface area contributed by atoms with Crippen molar-refractivity contribution in [2.75, 3.05) is 19.7 Å². The number of ether oxygens (including phenoxy) is 1. The molecule has 0 bridgehead atoms. The Bertz CT molecular complexity index is 419. The van der Waals surface area contributed by atoms with Crippen LogP contribution in [0.15, 0.2) is 30.3 Å². The summed E-state index contributed by atoms with van der Waals surface area (Å²) >= 11 is 0. The number of nitrogens with zero attached hydrogens (tertiary/aromatic N) is 1. The lowest BCUT2D eigenvalue weighted by Gasteiger charge is -2.30. The number of carbonyl (C=O) groups excluding carboxylic acids is 2. The SMILES string of the molecule is O=CC1CCCN(C(=O)CCOc2ccccc2)C1. The van der Waals surface area contributed by atoms with Crippen molar-refractivity contribution in [3.63, 3.8) is 0 Å². The molecule has 1 atom stereocenters. The third kappa shape index (κ3) is 4.09. The minimum absolute atomic E-state index is 0.00717. The fourth-order valence-corrected chi connectivity index (χ4v) is 2.28. The number of amides is 1. The van der Waals surface area contributed by atoms with Crippen LogP contribution in [0.3, 0.4) is 0 Å². The molecule has 0 N–H and O–H groups in total. The highest BCUT2D eigenvalue weighted by atomic mass is 16.5. The number of carbonyl (C=O) groups is 2. The Balaban J connectivity index is 1.73. The maximum atomic E-state index is 12.0. The van der Waals surface area contributed by atoms with Crippen LogP contribution in [0, 0.1) is 5.92 Å². The van der Waals surface area contributed by atoms with Gasteiger partial charge in [0.05, 0.1) is 13.0 Å². The molecule has 1 aliphatic heterocycles. The summed E-state index contributed by atoms with van der Waals surface area (Å²) in [6.45, 7) is 1.70. The van der Waals surface area contributed by atoms with Crippen LogP contribution in [0.1, 0.15) is 19.3 Å². The minimum atomic E-state index is 0.00717. The Morgan fingerprint density at radius 3 is 2.89 bits per heavy atom. The van der Waals surface area contributed by atoms with Gasteiger partial charge in [0.25, 0.3) is 0 Å². The number of benzene rings is 1. The van der Waals surface area contributed by atoms with Crippen molar-refractivity contribution in [2.24, 2.45) is 5.92 Å². The van der Waals surface area contributed by atoms with Crippen LogP contribution < -0.4 is 4.74 Å². The molecule has 19 heavy (non-hydrogen) atoms. The van der Waals surface area contributed by atoms with Gasteiger partial charge in [-0.2, -0.15) is 0 Å². The molecule has 1 saturated heterocycles. The van der Waals surface area contributed by atoms with Gasteiger partial charge in [0, 0.05) is 19.0 Å². The molecule has 1 aliphatic rings. The van der Waals surface area contributed by atoms with Gasteiger partial charge in [0.2, 0.25) is 5.91 Å². The molecule has 0 spiro atoms. The third-order valence-corrected chi connectivity index (χ3v) is 3.33. The van der Waals surface area contributed by atoms with E-state index in [1.807, 2.05) is 30.3 Å². The lowest BCUT2D eigenvalue weighted by Crippen LogP contribution is -2.40. The average molecular weight is 261 g/mol. The van der Waals surface area contributed by atoms with Crippen molar-refractivity contribution in [1.82, 2.24) is 4.90 Å². The highest BCUT2D eigenvalue weighted by Crippen LogP contribution is 2.15. The Morgan fingerprint density at radius 1 is 1.37 bits per heavy atom. The summed E-state index contributed by atoms with van der Waals surface area (Å²) in [5.41, 5.74) is 0. The predicted molar refractivity (Wildman–Crippen MR) is 71.9 cm³/mol. The van der Waals surface area contributed by atoms with Crippen LogP contribution in [0.4, 0.5) is 0 Å². The first-order chi connectivity index (χ1) is 9.29. The molecule has 0 radical (unpaired) electrons. The number of likely N-dealkylation sites (tertiary alicyclic amines) is 1.